The minimum absolute atomic E-state index is 0.0664. The van der Waals surface area contributed by atoms with Gasteiger partial charge in [-0.05, 0) is 30.3 Å². The highest BCUT2D eigenvalue weighted by molar-refractivity contribution is 9.10. The second-order valence-electron chi connectivity index (χ2n) is 5.48. The molecule has 0 aliphatic rings. The van der Waals surface area contributed by atoms with Crippen LogP contribution in [0.15, 0.2) is 57.8 Å². The van der Waals surface area contributed by atoms with Gasteiger partial charge in [0.2, 0.25) is 0 Å². The molecule has 0 radical (unpaired) electrons. The molecule has 0 aliphatic heterocycles. The number of benzene rings is 2. The maximum Gasteiger partial charge on any atom is 0.280 e. The molecule has 1 aromatic heterocycles. The second kappa shape index (κ2) is 7.79. The van der Waals surface area contributed by atoms with Crippen LogP contribution < -0.4 is 10.9 Å². The standard InChI is InChI=1S/C17H10BrClN4O5/c18-9-1-3-10(4-2-9)22-15(25)8-14(24)16(21-22)17(26)20-13-6-5-11(23(27)28)7-12(13)19/h1-8,24H,(H,20,26). The van der Waals surface area contributed by atoms with Gasteiger partial charge in [-0.3, -0.25) is 19.7 Å². The van der Waals surface area contributed by atoms with Crippen LogP contribution in [0.3, 0.4) is 0 Å². The number of non-ortho nitro benzene ring substituents is 1. The van der Waals surface area contributed by atoms with Gasteiger partial charge < -0.3 is 10.4 Å². The summed E-state index contributed by atoms with van der Waals surface area (Å²) < 4.78 is 1.74. The number of rotatable bonds is 4. The summed E-state index contributed by atoms with van der Waals surface area (Å²) in [6.45, 7) is 0. The molecule has 3 rings (SSSR count). The Labute approximate surface area is 170 Å². The average Bonchev–Trinajstić information content (AvgIpc) is 2.64. The van der Waals surface area contributed by atoms with E-state index in [9.17, 15) is 24.8 Å². The highest BCUT2D eigenvalue weighted by atomic mass is 79.9. The number of nitro groups is 1. The first-order chi connectivity index (χ1) is 13.3. The molecule has 1 heterocycles. The Kier molecular flexibility index (Phi) is 5.43. The van der Waals surface area contributed by atoms with Crippen molar-refractivity contribution in [3.05, 3.63) is 84.2 Å². The van der Waals surface area contributed by atoms with Crippen molar-refractivity contribution in [3.63, 3.8) is 0 Å². The zero-order chi connectivity index (χ0) is 20.4. The normalized spacial score (nSPS) is 10.5. The predicted molar refractivity (Wildman–Crippen MR) is 105 cm³/mol. The van der Waals surface area contributed by atoms with E-state index in [0.717, 1.165) is 27.4 Å². The fourth-order valence-electron chi connectivity index (χ4n) is 2.28. The smallest absolute Gasteiger partial charge is 0.280 e. The fourth-order valence-corrected chi connectivity index (χ4v) is 2.76. The number of carbonyl (C=O) groups excluding carboxylic acids is 1. The lowest BCUT2D eigenvalue weighted by Gasteiger charge is -2.10. The molecule has 0 atom stereocenters. The van der Waals surface area contributed by atoms with Crippen LogP contribution >= 0.6 is 27.5 Å². The number of hydrogen-bond acceptors (Lipinski definition) is 6. The van der Waals surface area contributed by atoms with Crippen LogP contribution in [0.5, 0.6) is 5.75 Å². The quantitative estimate of drug-likeness (QED) is 0.448. The average molecular weight is 466 g/mol. The number of nitrogens with zero attached hydrogens (tertiary/aromatic N) is 3. The number of amides is 1. The third kappa shape index (κ3) is 4.02. The van der Waals surface area contributed by atoms with Crippen molar-refractivity contribution in [2.24, 2.45) is 0 Å². The number of nitro benzene ring substituents is 1. The highest BCUT2D eigenvalue weighted by Gasteiger charge is 2.19. The number of aromatic hydroxyl groups is 1. The van der Waals surface area contributed by atoms with E-state index in [1.165, 1.54) is 6.07 Å². The Bertz CT molecular complexity index is 1150. The molecule has 0 saturated carbocycles. The van der Waals surface area contributed by atoms with Crippen molar-refractivity contribution >= 4 is 44.8 Å². The third-order valence-electron chi connectivity index (χ3n) is 3.61. The summed E-state index contributed by atoms with van der Waals surface area (Å²) in [5.41, 5.74) is -0.829. The number of nitrogens with one attached hydrogen (secondary N) is 1. The summed E-state index contributed by atoms with van der Waals surface area (Å²) in [4.78, 5) is 34.8. The zero-order valence-corrected chi connectivity index (χ0v) is 16.1. The van der Waals surface area contributed by atoms with Crippen LogP contribution in [0, 0.1) is 10.1 Å². The Morgan fingerprint density at radius 3 is 2.50 bits per heavy atom. The topological polar surface area (TPSA) is 127 Å². The Balaban J connectivity index is 1.96. The van der Waals surface area contributed by atoms with Gasteiger partial charge in [0.05, 0.1) is 21.3 Å². The van der Waals surface area contributed by atoms with Gasteiger partial charge in [0.15, 0.2) is 11.4 Å². The lowest BCUT2D eigenvalue weighted by Crippen LogP contribution is -2.25. The van der Waals surface area contributed by atoms with Gasteiger partial charge in [0.25, 0.3) is 17.2 Å². The Morgan fingerprint density at radius 2 is 1.89 bits per heavy atom. The number of aromatic nitrogens is 2. The van der Waals surface area contributed by atoms with Crippen molar-refractivity contribution in [1.29, 1.82) is 0 Å². The van der Waals surface area contributed by atoms with Crippen molar-refractivity contribution in [3.8, 4) is 11.4 Å². The molecule has 0 unspecified atom stereocenters. The van der Waals surface area contributed by atoms with E-state index >= 15 is 0 Å². The summed E-state index contributed by atoms with van der Waals surface area (Å²) in [5.74, 6) is -1.46. The first kappa shape index (κ1) is 19.5. The van der Waals surface area contributed by atoms with E-state index in [2.05, 4.69) is 26.3 Å². The van der Waals surface area contributed by atoms with E-state index in [0.29, 0.717) is 5.69 Å². The molecular formula is C17H10BrClN4O5. The lowest BCUT2D eigenvalue weighted by molar-refractivity contribution is -0.384. The molecule has 0 spiro atoms. The Morgan fingerprint density at radius 1 is 1.21 bits per heavy atom. The van der Waals surface area contributed by atoms with E-state index < -0.39 is 27.8 Å². The molecule has 9 nitrogen and oxygen atoms in total. The summed E-state index contributed by atoms with van der Waals surface area (Å²) in [6, 6.07) is 10.9. The molecule has 0 bridgehead atoms. The van der Waals surface area contributed by atoms with Gasteiger partial charge >= 0.3 is 0 Å². The van der Waals surface area contributed by atoms with Crippen molar-refractivity contribution in [1.82, 2.24) is 9.78 Å². The summed E-state index contributed by atoms with van der Waals surface area (Å²) in [7, 11) is 0. The van der Waals surface area contributed by atoms with Crippen LogP contribution in [-0.4, -0.2) is 25.7 Å². The van der Waals surface area contributed by atoms with E-state index in [-0.39, 0.29) is 16.4 Å². The molecule has 0 aliphatic carbocycles. The number of carbonyl (C=O) groups is 1. The maximum atomic E-state index is 12.5. The Hall–Kier alpha value is -3.24. The molecule has 0 saturated heterocycles. The third-order valence-corrected chi connectivity index (χ3v) is 4.45. The van der Waals surface area contributed by atoms with Crippen molar-refractivity contribution in [2.75, 3.05) is 5.32 Å². The van der Waals surface area contributed by atoms with Crippen LogP contribution in [0.4, 0.5) is 11.4 Å². The molecule has 0 fully saturated rings. The molecule has 142 valence electrons. The van der Waals surface area contributed by atoms with Gasteiger partial charge in [0.1, 0.15) is 0 Å². The predicted octanol–water partition coefficient (Wildman–Crippen LogP) is 3.51. The van der Waals surface area contributed by atoms with Crippen molar-refractivity contribution in [2.45, 2.75) is 0 Å². The molecule has 3 aromatic rings. The monoisotopic (exact) mass is 464 g/mol. The van der Waals surface area contributed by atoms with E-state index in [1.54, 1.807) is 24.3 Å². The van der Waals surface area contributed by atoms with Gasteiger partial charge in [-0.2, -0.15) is 9.78 Å². The second-order valence-corrected chi connectivity index (χ2v) is 6.80. The van der Waals surface area contributed by atoms with Gasteiger partial charge in [-0.1, -0.05) is 27.5 Å². The largest absolute Gasteiger partial charge is 0.505 e. The first-order valence-electron chi connectivity index (χ1n) is 7.61. The number of hydrogen-bond donors (Lipinski definition) is 2. The molecule has 2 N–H and O–H groups in total. The van der Waals surface area contributed by atoms with Gasteiger partial charge in [0, 0.05) is 22.7 Å². The van der Waals surface area contributed by atoms with Crippen LogP contribution in [0.2, 0.25) is 5.02 Å². The molecular weight excluding hydrogens is 456 g/mol. The summed E-state index contributed by atoms with van der Waals surface area (Å²) in [5, 5.41) is 27.0. The fraction of sp³-hybridized carbons (Fsp3) is 0. The summed E-state index contributed by atoms with van der Waals surface area (Å²) in [6.07, 6.45) is 0. The minimum Gasteiger partial charge on any atom is -0.505 e. The van der Waals surface area contributed by atoms with E-state index in [4.69, 9.17) is 11.6 Å². The van der Waals surface area contributed by atoms with E-state index in [1.807, 2.05) is 0 Å². The molecule has 1 amide bonds. The maximum absolute atomic E-state index is 12.5. The summed E-state index contributed by atoms with van der Waals surface area (Å²) >= 11 is 9.23. The van der Waals surface area contributed by atoms with Crippen LogP contribution in [0.1, 0.15) is 10.5 Å². The zero-order valence-electron chi connectivity index (χ0n) is 13.8. The van der Waals surface area contributed by atoms with Crippen LogP contribution in [-0.2, 0) is 0 Å². The number of anilines is 1. The lowest BCUT2D eigenvalue weighted by atomic mass is 10.2. The van der Waals surface area contributed by atoms with Crippen molar-refractivity contribution < 1.29 is 14.8 Å². The molecule has 2 aromatic carbocycles. The molecule has 28 heavy (non-hydrogen) atoms. The van der Waals surface area contributed by atoms with Gasteiger partial charge in [-0.25, -0.2) is 0 Å². The highest BCUT2D eigenvalue weighted by Crippen LogP contribution is 2.27. The molecule has 11 heteroatoms. The SMILES string of the molecule is O=C(Nc1ccc([N+](=O)[O-])cc1Cl)c1nn(-c2ccc(Br)cc2)c(=O)cc1O. The number of halogens is 2. The minimum atomic E-state index is -0.848. The van der Waals surface area contributed by atoms with Crippen LogP contribution in [0.25, 0.3) is 5.69 Å². The first-order valence-corrected chi connectivity index (χ1v) is 8.78. The van der Waals surface area contributed by atoms with Gasteiger partial charge in [-0.15, -0.1) is 0 Å².